The fourth-order valence-corrected chi connectivity index (χ4v) is 8.41. The van der Waals surface area contributed by atoms with Crippen LogP contribution >= 0.6 is 15.9 Å². The molecule has 2 nitrogen and oxygen atoms in total. The Balaban J connectivity index is 1.58. The predicted octanol–water partition coefficient (Wildman–Crippen LogP) is 5.22. The summed E-state index contributed by atoms with van der Waals surface area (Å²) < 4.78 is 0. The van der Waals surface area contributed by atoms with Crippen molar-refractivity contribution in [2.75, 3.05) is 5.33 Å². The molecule has 9 atom stereocenters. The molecule has 1 N–H and O–H groups in total. The molecule has 0 heterocycles. The molecule has 0 bridgehead atoms. The van der Waals surface area contributed by atoms with Gasteiger partial charge in [0.05, 0.1) is 10.9 Å². The second-order valence-electron chi connectivity index (χ2n) is 10.5. The van der Waals surface area contributed by atoms with E-state index >= 15 is 0 Å². The second kappa shape index (κ2) is 6.33. The van der Waals surface area contributed by atoms with Gasteiger partial charge < -0.3 is 5.11 Å². The molecule has 0 aliphatic heterocycles. The van der Waals surface area contributed by atoms with Crippen molar-refractivity contribution in [3.8, 4) is 0 Å². The molecule has 0 spiro atoms. The Kier molecular flexibility index (Phi) is 4.68. The third-order valence-electron chi connectivity index (χ3n) is 9.18. The zero-order chi connectivity index (χ0) is 18.0. The van der Waals surface area contributed by atoms with Gasteiger partial charge in [-0.05, 0) is 99.2 Å². The van der Waals surface area contributed by atoms with Gasteiger partial charge >= 0.3 is 0 Å². The van der Waals surface area contributed by atoms with Crippen molar-refractivity contribution in [3.05, 3.63) is 0 Å². The lowest BCUT2D eigenvalue weighted by Gasteiger charge is -2.58. The zero-order valence-electron chi connectivity index (χ0n) is 16.1. The number of ketones is 1. The molecule has 0 radical (unpaired) electrons. The summed E-state index contributed by atoms with van der Waals surface area (Å²) in [6.45, 7) is 6.93. The van der Waals surface area contributed by atoms with Crippen LogP contribution in [0.25, 0.3) is 0 Å². The molecule has 142 valence electrons. The summed E-state index contributed by atoms with van der Waals surface area (Å²) in [7, 11) is 0. The van der Waals surface area contributed by atoms with Gasteiger partial charge in [0.2, 0.25) is 0 Å². The van der Waals surface area contributed by atoms with Crippen LogP contribution in [0.4, 0.5) is 0 Å². The highest BCUT2D eigenvalue weighted by atomic mass is 79.9. The molecular weight excluding hydrogens is 376 g/mol. The average molecular weight is 411 g/mol. The molecule has 0 aromatic heterocycles. The summed E-state index contributed by atoms with van der Waals surface area (Å²) in [5, 5.41) is 11.1. The van der Waals surface area contributed by atoms with E-state index in [0.717, 1.165) is 54.8 Å². The highest BCUT2D eigenvalue weighted by Gasteiger charge is 2.59. The van der Waals surface area contributed by atoms with Crippen LogP contribution in [0.2, 0.25) is 0 Å². The summed E-state index contributed by atoms with van der Waals surface area (Å²) in [6, 6.07) is 0. The molecule has 4 saturated carbocycles. The van der Waals surface area contributed by atoms with E-state index in [1.165, 1.54) is 32.1 Å². The quantitative estimate of drug-likeness (QED) is 0.633. The Bertz CT molecular complexity index is 544. The van der Waals surface area contributed by atoms with Crippen molar-refractivity contribution in [3.63, 3.8) is 0 Å². The minimum Gasteiger partial charge on any atom is -0.390 e. The van der Waals surface area contributed by atoms with Gasteiger partial charge in [-0.3, -0.25) is 4.79 Å². The summed E-state index contributed by atoms with van der Waals surface area (Å²) in [6.07, 6.45) is 9.49. The molecule has 0 aromatic rings. The van der Waals surface area contributed by atoms with Gasteiger partial charge in [0, 0.05) is 5.92 Å². The molecule has 0 unspecified atom stereocenters. The number of rotatable bonds is 2. The van der Waals surface area contributed by atoms with E-state index in [-0.39, 0.29) is 11.3 Å². The third kappa shape index (κ3) is 2.87. The molecule has 4 aliphatic rings. The second-order valence-corrected chi connectivity index (χ2v) is 11.0. The van der Waals surface area contributed by atoms with Gasteiger partial charge in [0.15, 0.2) is 0 Å². The Morgan fingerprint density at radius 3 is 2.44 bits per heavy atom. The van der Waals surface area contributed by atoms with Crippen LogP contribution in [-0.4, -0.2) is 21.8 Å². The van der Waals surface area contributed by atoms with Crippen LogP contribution in [0.5, 0.6) is 0 Å². The standard InChI is InChI=1S/C22H35BrO2/c1-13-10-16-14(15-6-8-21(2,25)11-17(13)15)7-9-22(3)18(16)4-5-19(22)20(24)12-23/h13-19,25H,4-12H2,1-3H3/t13-,14-,15-,16-,17+,18+,19-,21-,22+/m1/s1. The number of aliphatic hydroxyl groups is 1. The van der Waals surface area contributed by atoms with Gasteiger partial charge in [0.25, 0.3) is 0 Å². The Morgan fingerprint density at radius 1 is 1.04 bits per heavy atom. The van der Waals surface area contributed by atoms with Crippen molar-refractivity contribution in [2.24, 2.45) is 46.8 Å². The fourth-order valence-electron chi connectivity index (χ4n) is 8.02. The summed E-state index contributed by atoms with van der Waals surface area (Å²) in [4.78, 5) is 12.5. The molecule has 25 heavy (non-hydrogen) atoms. The Morgan fingerprint density at radius 2 is 1.72 bits per heavy atom. The van der Waals surface area contributed by atoms with Gasteiger partial charge in [-0.25, -0.2) is 0 Å². The first kappa shape index (κ1) is 18.5. The van der Waals surface area contributed by atoms with E-state index in [1.54, 1.807) is 0 Å². The minimum atomic E-state index is -0.438. The number of carbonyl (C=O) groups excluding carboxylic acids is 1. The van der Waals surface area contributed by atoms with E-state index in [1.807, 2.05) is 6.92 Å². The topological polar surface area (TPSA) is 37.3 Å². The predicted molar refractivity (Wildman–Crippen MR) is 105 cm³/mol. The van der Waals surface area contributed by atoms with Crippen LogP contribution in [0, 0.1) is 46.8 Å². The molecule has 3 heteroatoms. The minimum absolute atomic E-state index is 0.249. The summed E-state index contributed by atoms with van der Waals surface area (Å²) in [5.41, 5.74) is -0.190. The number of carbonyl (C=O) groups is 1. The average Bonchev–Trinajstić information content (AvgIpc) is 2.91. The molecule has 0 aromatic carbocycles. The first-order valence-corrected chi connectivity index (χ1v) is 11.7. The maximum Gasteiger partial charge on any atom is 0.147 e. The lowest BCUT2D eigenvalue weighted by molar-refractivity contribution is -0.134. The Labute approximate surface area is 161 Å². The van der Waals surface area contributed by atoms with Gasteiger partial charge in [0.1, 0.15) is 5.78 Å². The first-order valence-electron chi connectivity index (χ1n) is 10.6. The summed E-state index contributed by atoms with van der Waals surface area (Å²) >= 11 is 3.43. The molecule has 0 saturated heterocycles. The molecule has 4 fully saturated rings. The smallest absolute Gasteiger partial charge is 0.147 e. The normalized spacial score (nSPS) is 55.2. The zero-order valence-corrected chi connectivity index (χ0v) is 17.7. The highest BCUT2D eigenvalue weighted by molar-refractivity contribution is 9.09. The molecule has 4 rings (SSSR count). The van der Waals surface area contributed by atoms with E-state index in [4.69, 9.17) is 0 Å². The van der Waals surface area contributed by atoms with Crippen LogP contribution in [0.3, 0.4) is 0 Å². The largest absolute Gasteiger partial charge is 0.390 e. The number of hydrogen-bond acceptors (Lipinski definition) is 2. The van der Waals surface area contributed by atoms with E-state index < -0.39 is 5.60 Å². The number of alkyl halides is 1. The van der Waals surface area contributed by atoms with Crippen LogP contribution in [0.15, 0.2) is 0 Å². The van der Waals surface area contributed by atoms with E-state index in [0.29, 0.717) is 11.1 Å². The van der Waals surface area contributed by atoms with Gasteiger partial charge in [-0.2, -0.15) is 0 Å². The molecule has 4 aliphatic carbocycles. The molecular formula is C22H35BrO2. The van der Waals surface area contributed by atoms with Crippen LogP contribution < -0.4 is 0 Å². The monoisotopic (exact) mass is 410 g/mol. The fraction of sp³-hybridized carbons (Fsp3) is 0.955. The first-order chi connectivity index (χ1) is 11.8. The van der Waals surface area contributed by atoms with Gasteiger partial charge in [-0.15, -0.1) is 0 Å². The lowest BCUT2D eigenvalue weighted by atomic mass is 9.47. The maximum atomic E-state index is 12.5. The Hall–Kier alpha value is 0.110. The van der Waals surface area contributed by atoms with Crippen molar-refractivity contribution in [1.29, 1.82) is 0 Å². The lowest BCUT2D eigenvalue weighted by Crippen LogP contribution is -2.53. The number of halogens is 1. The van der Waals surface area contributed by atoms with Crippen molar-refractivity contribution in [1.82, 2.24) is 0 Å². The maximum absolute atomic E-state index is 12.5. The third-order valence-corrected chi connectivity index (χ3v) is 9.73. The van der Waals surface area contributed by atoms with Crippen molar-refractivity contribution in [2.45, 2.75) is 77.7 Å². The summed E-state index contributed by atoms with van der Waals surface area (Å²) in [5.74, 6) is 5.44. The van der Waals surface area contributed by atoms with Crippen molar-refractivity contribution >= 4 is 21.7 Å². The highest BCUT2D eigenvalue weighted by Crippen LogP contribution is 2.65. The SMILES string of the molecule is C[C@@H]1C[C@@H]2[C@H](CC[C@]3(C)[C@@H](C(=O)CBr)CC[C@@H]23)[C@H]2CC[C@@](C)(O)C[C@H]21. The van der Waals surface area contributed by atoms with Crippen molar-refractivity contribution < 1.29 is 9.90 Å². The van der Waals surface area contributed by atoms with E-state index in [9.17, 15) is 9.90 Å². The number of hydrogen-bond donors (Lipinski definition) is 1. The van der Waals surface area contributed by atoms with Crippen LogP contribution in [0.1, 0.15) is 72.1 Å². The number of fused-ring (bicyclic) bond motifs is 5. The van der Waals surface area contributed by atoms with Crippen LogP contribution in [-0.2, 0) is 4.79 Å². The van der Waals surface area contributed by atoms with Gasteiger partial charge in [-0.1, -0.05) is 29.8 Å². The molecule has 0 amide bonds. The number of Topliss-reactive ketones (excluding diaryl/α,β-unsaturated/α-hetero) is 1. The van der Waals surface area contributed by atoms with E-state index in [2.05, 4.69) is 29.8 Å².